The minimum Gasteiger partial charge on any atom is -0.374 e. The normalized spacial score (nSPS) is 44.1. The van der Waals surface area contributed by atoms with Crippen molar-refractivity contribution in [1.29, 1.82) is 0 Å². The van der Waals surface area contributed by atoms with Crippen LogP contribution in [0.4, 0.5) is 0 Å². The van der Waals surface area contributed by atoms with Crippen LogP contribution in [0.15, 0.2) is 0 Å². The van der Waals surface area contributed by atoms with Crippen molar-refractivity contribution in [2.45, 2.75) is 51.2 Å². The molecule has 3 heteroatoms. The average Bonchev–Trinajstić information content (AvgIpc) is 2.70. The highest BCUT2D eigenvalue weighted by Gasteiger charge is 2.46. The highest BCUT2D eigenvalue weighted by atomic mass is 32.2. The van der Waals surface area contributed by atoms with Crippen LogP contribution < -0.4 is 5.32 Å². The maximum Gasteiger partial charge on any atom is 0.0795 e. The van der Waals surface area contributed by atoms with E-state index in [1.165, 1.54) is 43.7 Å². The molecular weight excluding hydrogens is 230 g/mol. The molecular formula is C14H25NOS. The predicted molar refractivity (Wildman–Crippen MR) is 73.5 cm³/mol. The molecule has 3 unspecified atom stereocenters. The topological polar surface area (TPSA) is 21.3 Å². The zero-order valence-corrected chi connectivity index (χ0v) is 11.9. The van der Waals surface area contributed by atoms with Gasteiger partial charge in [0.15, 0.2) is 0 Å². The average molecular weight is 255 g/mol. The maximum atomic E-state index is 6.06. The van der Waals surface area contributed by atoms with Crippen LogP contribution in [-0.4, -0.2) is 36.3 Å². The van der Waals surface area contributed by atoms with E-state index in [0.29, 0.717) is 11.5 Å². The van der Waals surface area contributed by atoms with Crippen LogP contribution in [0.2, 0.25) is 0 Å². The Bertz CT molecular complexity index is 286. The molecule has 1 N–H and O–H groups in total. The SMILES string of the molecule is CC1(C)CC1CNC1CCOC2(CCSC2)C1. The smallest absolute Gasteiger partial charge is 0.0795 e. The largest absolute Gasteiger partial charge is 0.374 e. The summed E-state index contributed by atoms with van der Waals surface area (Å²) in [5, 5.41) is 3.80. The molecule has 3 aliphatic rings. The van der Waals surface area contributed by atoms with Gasteiger partial charge in [0.1, 0.15) is 0 Å². The van der Waals surface area contributed by atoms with Crippen molar-refractivity contribution >= 4 is 11.8 Å². The van der Waals surface area contributed by atoms with Crippen LogP contribution in [0.1, 0.15) is 39.5 Å². The second-order valence-corrected chi connectivity index (χ2v) is 7.93. The lowest BCUT2D eigenvalue weighted by molar-refractivity contribution is -0.0702. The first-order chi connectivity index (χ1) is 8.10. The van der Waals surface area contributed by atoms with Crippen molar-refractivity contribution in [2.24, 2.45) is 11.3 Å². The van der Waals surface area contributed by atoms with Gasteiger partial charge in [0.2, 0.25) is 0 Å². The van der Waals surface area contributed by atoms with Gasteiger partial charge in [0, 0.05) is 18.4 Å². The van der Waals surface area contributed by atoms with Crippen LogP contribution in [0.25, 0.3) is 0 Å². The minimum absolute atomic E-state index is 0.236. The Kier molecular flexibility index (Phi) is 3.21. The number of hydrogen-bond acceptors (Lipinski definition) is 3. The van der Waals surface area contributed by atoms with Crippen molar-refractivity contribution in [3.8, 4) is 0 Å². The molecule has 2 aliphatic heterocycles. The first kappa shape index (κ1) is 12.3. The van der Waals surface area contributed by atoms with Crippen LogP contribution in [-0.2, 0) is 4.74 Å². The Morgan fingerprint density at radius 3 is 2.82 bits per heavy atom. The molecule has 0 aromatic carbocycles. The molecule has 0 aromatic heterocycles. The van der Waals surface area contributed by atoms with Gasteiger partial charge in [-0.1, -0.05) is 13.8 Å². The van der Waals surface area contributed by atoms with Crippen molar-refractivity contribution in [1.82, 2.24) is 5.32 Å². The molecule has 3 fully saturated rings. The van der Waals surface area contributed by atoms with E-state index in [4.69, 9.17) is 4.74 Å². The number of ether oxygens (including phenoxy) is 1. The predicted octanol–water partition coefficient (Wildman–Crippen LogP) is 2.68. The Balaban J connectivity index is 1.47. The second kappa shape index (κ2) is 4.43. The van der Waals surface area contributed by atoms with Crippen molar-refractivity contribution < 1.29 is 4.74 Å². The molecule has 2 saturated heterocycles. The fourth-order valence-corrected chi connectivity index (χ4v) is 4.68. The Labute approximate surface area is 109 Å². The molecule has 3 atom stereocenters. The fourth-order valence-electron chi connectivity index (χ4n) is 3.30. The Morgan fingerprint density at radius 1 is 1.35 bits per heavy atom. The molecule has 3 rings (SSSR count). The quantitative estimate of drug-likeness (QED) is 0.838. The minimum atomic E-state index is 0.236. The van der Waals surface area contributed by atoms with Crippen molar-refractivity contribution in [2.75, 3.05) is 24.7 Å². The second-order valence-electron chi connectivity index (χ2n) is 6.82. The van der Waals surface area contributed by atoms with Crippen molar-refractivity contribution in [3.63, 3.8) is 0 Å². The van der Waals surface area contributed by atoms with Gasteiger partial charge in [-0.05, 0) is 49.3 Å². The van der Waals surface area contributed by atoms with E-state index in [-0.39, 0.29) is 5.60 Å². The molecule has 2 heterocycles. The molecule has 17 heavy (non-hydrogen) atoms. The molecule has 1 spiro atoms. The molecule has 0 bridgehead atoms. The highest BCUT2D eigenvalue weighted by Crippen LogP contribution is 2.51. The maximum absolute atomic E-state index is 6.06. The number of rotatable bonds is 3. The van der Waals surface area contributed by atoms with Gasteiger partial charge in [-0.2, -0.15) is 11.8 Å². The van der Waals surface area contributed by atoms with Gasteiger partial charge < -0.3 is 10.1 Å². The summed E-state index contributed by atoms with van der Waals surface area (Å²) in [5.74, 6) is 3.43. The number of nitrogens with one attached hydrogen (secondary N) is 1. The van der Waals surface area contributed by atoms with E-state index in [9.17, 15) is 0 Å². The molecule has 98 valence electrons. The molecule has 0 radical (unpaired) electrons. The van der Waals surface area contributed by atoms with Gasteiger partial charge in [0.25, 0.3) is 0 Å². The summed E-state index contributed by atoms with van der Waals surface area (Å²) in [7, 11) is 0. The summed E-state index contributed by atoms with van der Waals surface area (Å²) in [6, 6.07) is 0.707. The molecule has 1 aliphatic carbocycles. The summed E-state index contributed by atoms with van der Waals surface area (Å²) < 4.78 is 6.06. The van der Waals surface area contributed by atoms with Gasteiger partial charge in [-0.3, -0.25) is 0 Å². The van der Waals surface area contributed by atoms with E-state index in [0.717, 1.165) is 12.5 Å². The zero-order chi connectivity index (χ0) is 11.9. The Hall–Kier alpha value is 0.270. The van der Waals surface area contributed by atoms with Crippen LogP contribution >= 0.6 is 11.8 Å². The van der Waals surface area contributed by atoms with Gasteiger partial charge in [-0.15, -0.1) is 0 Å². The van der Waals surface area contributed by atoms with E-state index in [2.05, 4.69) is 30.9 Å². The first-order valence-corrected chi connectivity index (χ1v) is 8.20. The standard InChI is InChI=1S/C14H25NOS/c1-13(2)7-11(13)9-15-12-3-5-16-14(8-12)4-6-17-10-14/h11-12,15H,3-10H2,1-2H3. The summed E-state index contributed by atoms with van der Waals surface area (Å²) in [5.41, 5.74) is 0.846. The zero-order valence-electron chi connectivity index (χ0n) is 11.1. The lowest BCUT2D eigenvalue weighted by Crippen LogP contribution is -2.47. The fraction of sp³-hybridized carbons (Fsp3) is 1.00. The van der Waals surface area contributed by atoms with Gasteiger partial charge in [0.05, 0.1) is 5.60 Å². The summed E-state index contributed by atoms with van der Waals surface area (Å²) in [6.07, 6.45) is 5.13. The molecule has 0 aromatic rings. The Morgan fingerprint density at radius 2 is 2.18 bits per heavy atom. The van der Waals surface area contributed by atoms with Gasteiger partial charge >= 0.3 is 0 Å². The van der Waals surface area contributed by atoms with Crippen LogP contribution in [0.3, 0.4) is 0 Å². The summed E-state index contributed by atoms with van der Waals surface area (Å²) >= 11 is 2.07. The summed E-state index contributed by atoms with van der Waals surface area (Å²) in [6.45, 7) is 6.96. The monoisotopic (exact) mass is 255 g/mol. The third-order valence-corrected chi connectivity index (χ3v) is 6.15. The third-order valence-electron chi connectivity index (χ3n) is 4.93. The molecule has 0 amide bonds. The van der Waals surface area contributed by atoms with E-state index in [1.54, 1.807) is 0 Å². The number of thioether (sulfide) groups is 1. The highest BCUT2D eigenvalue weighted by molar-refractivity contribution is 7.99. The van der Waals surface area contributed by atoms with E-state index >= 15 is 0 Å². The lowest BCUT2D eigenvalue weighted by atomic mass is 9.90. The lowest BCUT2D eigenvalue weighted by Gasteiger charge is -2.38. The van der Waals surface area contributed by atoms with Crippen LogP contribution in [0.5, 0.6) is 0 Å². The van der Waals surface area contributed by atoms with E-state index < -0.39 is 0 Å². The first-order valence-electron chi connectivity index (χ1n) is 7.05. The van der Waals surface area contributed by atoms with Crippen LogP contribution in [0, 0.1) is 11.3 Å². The van der Waals surface area contributed by atoms with E-state index in [1.807, 2.05) is 0 Å². The third kappa shape index (κ3) is 2.66. The molecule has 2 nitrogen and oxygen atoms in total. The van der Waals surface area contributed by atoms with Crippen molar-refractivity contribution in [3.05, 3.63) is 0 Å². The van der Waals surface area contributed by atoms with Gasteiger partial charge in [-0.25, -0.2) is 0 Å². The summed E-state index contributed by atoms with van der Waals surface area (Å²) in [4.78, 5) is 0. The molecule has 1 saturated carbocycles. The number of hydrogen-bond donors (Lipinski definition) is 1.